The zero-order valence-corrected chi connectivity index (χ0v) is 11.3. The lowest BCUT2D eigenvalue weighted by Gasteiger charge is -2.11. The highest BCUT2D eigenvalue weighted by molar-refractivity contribution is 6.33. The summed E-state index contributed by atoms with van der Waals surface area (Å²) in [5, 5.41) is 9.49. The van der Waals surface area contributed by atoms with Crippen LogP contribution in [0.25, 0.3) is 11.1 Å². The lowest BCUT2D eigenvalue weighted by Crippen LogP contribution is -2.03. The van der Waals surface area contributed by atoms with Crippen LogP contribution in [0.1, 0.15) is 24.8 Å². The number of benzene rings is 1. The molecule has 98 valence electrons. The Morgan fingerprint density at radius 3 is 2.79 bits per heavy atom. The van der Waals surface area contributed by atoms with Crippen molar-refractivity contribution in [3.05, 3.63) is 53.3 Å². The van der Waals surface area contributed by atoms with Crippen molar-refractivity contribution in [1.29, 1.82) is 0 Å². The van der Waals surface area contributed by atoms with E-state index in [1.165, 1.54) is 0 Å². The number of rotatable bonds is 4. The molecule has 0 fully saturated rings. The summed E-state index contributed by atoms with van der Waals surface area (Å²) in [5.74, 6) is -0.886. The van der Waals surface area contributed by atoms with Crippen molar-refractivity contribution in [2.24, 2.45) is 0 Å². The topological polar surface area (TPSA) is 50.2 Å². The summed E-state index contributed by atoms with van der Waals surface area (Å²) in [4.78, 5) is 14.9. The van der Waals surface area contributed by atoms with Gasteiger partial charge in [-0.05, 0) is 23.6 Å². The van der Waals surface area contributed by atoms with Crippen LogP contribution >= 0.6 is 11.6 Å². The average Bonchev–Trinajstić information content (AvgIpc) is 2.38. The van der Waals surface area contributed by atoms with Crippen LogP contribution in [-0.4, -0.2) is 16.1 Å². The zero-order valence-electron chi connectivity index (χ0n) is 10.5. The molecule has 1 unspecified atom stereocenters. The summed E-state index contributed by atoms with van der Waals surface area (Å²) in [6.45, 7) is 1.88. The Morgan fingerprint density at radius 1 is 1.37 bits per heavy atom. The predicted molar refractivity (Wildman–Crippen MR) is 75.4 cm³/mol. The number of hydrogen-bond acceptors (Lipinski definition) is 2. The SMILES string of the molecule is CC(CC(=O)O)c1cncc(-c2ccccc2Cl)c1. The highest BCUT2D eigenvalue weighted by Crippen LogP contribution is 2.29. The first-order valence-electron chi connectivity index (χ1n) is 5.99. The molecule has 0 aliphatic carbocycles. The lowest BCUT2D eigenvalue weighted by atomic mass is 9.96. The van der Waals surface area contributed by atoms with Crippen LogP contribution in [0.2, 0.25) is 5.02 Å². The van der Waals surface area contributed by atoms with Gasteiger partial charge in [0.05, 0.1) is 6.42 Å². The smallest absolute Gasteiger partial charge is 0.303 e. The minimum Gasteiger partial charge on any atom is -0.481 e. The maximum absolute atomic E-state index is 10.8. The first-order valence-corrected chi connectivity index (χ1v) is 6.37. The molecule has 1 atom stereocenters. The van der Waals surface area contributed by atoms with E-state index >= 15 is 0 Å². The third-order valence-corrected chi connectivity index (χ3v) is 3.32. The van der Waals surface area contributed by atoms with E-state index in [-0.39, 0.29) is 12.3 Å². The van der Waals surface area contributed by atoms with Crippen LogP contribution in [0.15, 0.2) is 42.7 Å². The number of aromatic nitrogens is 1. The van der Waals surface area contributed by atoms with Gasteiger partial charge in [0.1, 0.15) is 0 Å². The van der Waals surface area contributed by atoms with Gasteiger partial charge in [0, 0.05) is 28.5 Å². The summed E-state index contributed by atoms with van der Waals surface area (Å²) < 4.78 is 0. The van der Waals surface area contributed by atoms with E-state index in [1.54, 1.807) is 12.4 Å². The van der Waals surface area contributed by atoms with E-state index in [2.05, 4.69) is 4.98 Å². The van der Waals surface area contributed by atoms with Gasteiger partial charge in [0.2, 0.25) is 0 Å². The molecule has 0 spiro atoms. The number of halogens is 1. The van der Waals surface area contributed by atoms with E-state index in [0.717, 1.165) is 16.7 Å². The number of pyridine rings is 1. The minimum absolute atomic E-state index is 0.0764. The molecule has 1 heterocycles. The third kappa shape index (κ3) is 3.32. The third-order valence-electron chi connectivity index (χ3n) is 2.99. The van der Waals surface area contributed by atoms with E-state index in [1.807, 2.05) is 37.3 Å². The van der Waals surface area contributed by atoms with Gasteiger partial charge < -0.3 is 5.11 Å². The zero-order chi connectivity index (χ0) is 13.8. The molecule has 0 aliphatic rings. The Labute approximate surface area is 116 Å². The Hall–Kier alpha value is -1.87. The van der Waals surface area contributed by atoms with Gasteiger partial charge in [0.25, 0.3) is 0 Å². The quantitative estimate of drug-likeness (QED) is 0.918. The molecule has 2 rings (SSSR count). The maximum atomic E-state index is 10.8. The molecule has 0 saturated heterocycles. The van der Waals surface area contributed by atoms with Crippen molar-refractivity contribution in [2.75, 3.05) is 0 Å². The first kappa shape index (κ1) is 13.6. The van der Waals surface area contributed by atoms with Gasteiger partial charge in [-0.2, -0.15) is 0 Å². The molecule has 2 aromatic rings. The largest absolute Gasteiger partial charge is 0.481 e. The fraction of sp³-hybridized carbons (Fsp3) is 0.200. The summed E-state index contributed by atoms with van der Waals surface area (Å²) in [7, 11) is 0. The van der Waals surface area contributed by atoms with Crippen molar-refractivity contribution < 1.29 is 9.90 Å². The van der Waals surface area contributed by atoms with Gasteiger partial charge in [-0.3, -0.25) is 9.78 Å². The van der Waals surface area contributed by atoms with Gasteiger partial charge >= 0.3 is 5.97 Å². The Kier molecular flexibility index (Phi) is 4.17. The first-order chi connectivity index (χ1) is 9.08. The van der Waals surface area contributed by atoms with Crippen LogP contribution in [0.3, 0.4) is 0 Å². The molecule has 4 heteroatoms. The summed E-state index contributed by atoms with van der Waals surface area (Å²) in [5.41, 5.74) is 2.71. The fourth-order valence-electron chi connectivity index (χ4n) is 1.95. The van der Waals surface area contributed by atoms with Gasteiger partial charge in [0.15, 0.2) is 0 Å². The summed E-state index contributed by atoms with van der Waals surface area (Å²) in [6.07, 6.45) is 3.53. The number of nitrogens with zero attached hydrogens (tertiary/aromatic N) is 1. The van der Waals surface area contributed by atoms with Crippen LogP contribution in [-0.2, 0) is 4.79 Å². The lowest BCUT2D eigenvalue weighted by molar-refractivity contribution is -0.137. The van der Waals surface area contributed by atoms with E-state index in [4.69, 9.17) is 16.7 Å². The van der Waals surface area contributed by atoms with Gasteiger partial charge in [-0.25, -0.2) is 0 Å². The van der Waals surface area contributed by atoms with Crippen LogP contribution in [0.5, 0.6) is 0 Å². The maximum Gasteiger partial charge on any atom is 0.303 e. The predicted octanol–water partition coefficient (Wildman–Crippen LogP) is 3.98. The molecule has 1 aromatic heterocycles. The second-order valence-corrected chi connectivity index (χ2v) is 4.89. The molecule has 0 saturated carbocycles. The molecular formula is C15H14ClNO2. The molecule has 3 nitrogen and oxygen atoms in total. The molecule has 1 aromatic carbocycles. The fourth-order valence-corrected chi connectivity index (χ4v) is 2.19. The van der Waals surface area contributed by atoms with Crippen molar-refractivity contribution in [3.63, 3.8) is 0 Å². The van der Waals surface area contributed by atoms with Crippen molar-refractivity contribution in [3.8, 4) is 11.1 Å². The van der Waals surface area contributed by atoms with Crippen molar-refractivity contribution in [1.82, 2.24) is 4.98 Å². The number of carboxylic acid groups (broad SMARTS) is 1. The molecule has 1 N–H and O–H groups in total. The number of aliphatic carboxylic acids is 1. The monoisotopic (exact) mass is 275 g/mol. The standard InChI is InChI=1S/C15H14ClNO2/c1-10(6-15(18)19)11-7-12(9-17-8-11)13-4-2-3-5-14(13)16/h2-5,7-10H,6H2,1H3,(H,18,19). The number of carboxylic acids is 1. The Balaban J connectivity index is 2.34. The second-order valence-electron chi connectivity index (χ2n) is 4.49. The van der Waals surface area contributed by atoms with Crippen LogP contribution in [0, 0.1) is 0 Å². The number of hydrogen-bond donors (Lipinski definition) is 1. The second kappa shape index (κ2) is 5.85. The minimum atomic E-state index is -0.810. The number of carbonyl (C=O) groups is 1. The van der Waals surface area contributed by atoms with Gasteiger partial charge in [-0.15, -0.1) is 0 Å². The molecule has 0 amide bonds. The highest BCUT2D eigenvalue weighted by atomic mass is 35.5. The molecular weight excluding hydrogens is 262 g/mol. The van der Waals surface area contributed by atoms with E-state index in [0.29, 0.717) is 5.02 Å². The van der Waals surface area contributed by atoms with Crippen LogP contribution < -0.4 is 0 Å². The Bertz CT molecular complexity index is 598. The average molecular weight is 276 g/mol. The normalized spacial score (nSPS) is 12.1. The van der Waals surface area contributed by atoms with E-state index in [9.17, 15) is 4.79 Å². The molecule has 0 aliphatic heterocycles. The summed E-state index contributed by atoms with van der Waals surface area (Å²) >= 11 is 6.15. The van der Waals surface area contributed by atoms with E-state index < -0.39 is 5.97 Å². The van der Waals surface area contributed by atoms with Crippen molar-refractivity contribution >= 4 is 17.6 Å². The Morgan fingerprint density at radius 2 is 2.11 bits per heavy atom. The highest BCUT2D eigenvalue weighted by Gasteiger charge is 2.12. The summed E-state index contributed by atoms with van der Waals surface area (Å²) in [6, 6.07) is 9.47. The molecule has 0 radical (unpaired) electrons. The molecule has 19 heavy (non-hydrogen) atoms. The van der Waals surface area contributed by atoms with Crippen molar-refractivity contribution in [2.45, 2.75) is 19.3 Å². The van der Waals surface area contributed by atoms with Crippen LogP contribution in [0.4, 0.5) is 0 Å². The van der Waals surface area contributed by atoms with Gasteiger partial charge in [-0.1, -0.05) is 36.7 Å². The molecule has 0 bridgehead atoms.